The summed E-state index contributed by atoms with van der Waals surface area (Å²) >= 11 is 0. The van der Waals surface area contributed by atoms with Gasteiger partial charge in [-0.15, -0.1) is 0 Å². The molecule has 1 aliphatic heterocycles. The van der Waals surface area contributed by atoms with Crippen molar-refractivity contribution in [2.45, 2.75) is 19.6 Å². The lowest BCUT2D eigenvalue weighted by Gasteiger charge is -2.34. The maximum atomic E-state index is 12.7. The molecule has 1 amide bonds. The first-order valence-corrected chi connectivity index (χ1v) is 9.01. The quantitative estimate of drug-likeness (QED) is 0.780. The second-order valence-electron chi connectivity index (χ2n) is 6.91. The number of hydrogen-bond acceptors (Lipinski definition) is 4. The zero-order valence-corrected chi connectivity index (χ0v) is 15.9. The third-order valence-electron chi connectivity index (χ3n) is 4.65. The summed E-state index contributed by atoms with van der Waals surface area (Å²) < 4.78 is 43.4. The van der Waals surface area contributed by atoms with E-state index in [0.29, 0.717) is 18.7 Å². The third-order valence-corrected chi connectivity index (χ3v) is 4.65. The van der Waals surface area contributed by atoms with Gasteiger partial charge < -0.3 is 9.64 Å². The first-order chi connectivity index (χ1) is 13.2. The predicted octanol–water partition coefficient (Wildman–Crippen LogP) is 2.63. The molecule has 1 aliphatic rings. The van der Waals surface area contributed by atoms with Gasteiger partial charge in [0.15, 0.2) is 6.61 Å². The summed E-state index contributed by atoms with van der Waals surface area (Å²) in [6.07, 6.45) is -2.41. The molecule has 2 aromatic rings. The van der Waals surface area contributed by atoms with Crippen LogP contribution in [-0.4, -0.2) is 64.4 Å². The molecule has 9 heteroatoms. The zero-order chi connectivity index (χ0) is 20.3. The molecule has 0 unspecified atom stereocenters. The number of alkyl halides is 3. The third kappa shape index (κ3) is 5.25. The summed E-state index contributed by atoms with van der Waals surface area (Å²) in [4.78, 5) is 16.7. The molecule has 0 bridgehead atoms. The van der Waals surface area contributed by atoms with Crippen LogP contribution in [-0.2, 0) is 13.6 Å². The number of piperazine rings is 1. The Labute approximate surface area is 161 Å². The minimum atomic E-state index is -4.41. The molecule has 1 aromatic carbocycles. The summed E-state index contributed by atoms with van der Waals surface area (Å²) in [5, 5.41) is 4.34. The van der Waals surface area contributed by atoms with Gasteiger partial charge >= 0.3 is 6.18 Å². The minimum absolute atomic E-state index is 0.0360. The van der Waals surface area contributed by atoms with Gasteiger partial charge in [0.1, 0.15) is 5.75 Å². The van der Waals surface area contributed by atoms with E-state index in [0.717, 1.165) is 30.9 Å². The van der Waals surface area contributed by atoms with Crippen molar-refractivity contribution < 1.29 is 22.7 Å². The highest BCUT2D eigenvalue weighted by atomic mass is 19.4. The van der Waals surface area contributed by atoms with E-state index in [1.165, 1.54) is 18.2 Å². The molecule has 3 rings (SSSR count). The topological polar surface area (TPSA) is 50.6 Å². The van der Waals surface area contributed by atoms with Crippen molar-refractivity contribution in [3.8, 4) is 5.75 Å². The van der Waals surface area contributed by atoms with Gasteiger partial charge in [0.05, 0.1) is 5.69 Å². The molecule has 0 N–H and O–H groups in total. The number of rotatable bonds is 5. The van der Waals surface area contributed by atoms with Crippen LogP contribution in [0.25, 0.3) is 0 Å². The van der Waals surface area contributed by atoms with E-state index >= 15 is 0 Å². The highest BCUT2D eigenvalue weighted by Gasteiger charge is 2.29. The number of nitrogens with zero attached hydrogens (tertiary/aromatic N) is 4. The highest BCUT2D eigenvalue weighted by Crippen LogP contribution is 2.20. The van der Waals surface area contributed by atoms with Gasteiger partial charge in [0, 0.05) is 57.1 Å². The van der Waals surface area contributed by atoms with Gasteiger partial charge in [0.2, 0.25) is 0 Å². The van der Waals surface area contributed by atoms with Crippen LogP contribution in [0.1, 0.15) is 21.6 Å². The fourth-order valence-corrected chi connectivity index (χ4v) is 3.22. The van der Waals surface area contributed by atoms with Crippen molar-refractivity contribution in [1.82, 2.24) is 19.6 Å². The average Bonchev–Trinajstić information content (AvgIpc) is 2.97. The number of aromatic nitrogens is 2. The average molecular weight is 396 g/mol. The standard InChI is InChI=1S/C19H23F3N4O2/c1-14-16(11-24(2)23-14)12-25-6-8-26(9-7-25)18(27)15-4-3-5-17(10-15)28-13-19(20,21)22/h3-5,10-11H,6-9,12-13H2,1-2H3. The van der Waals surface area contributed by atoms with E-state index in [-0.39, 0.29) is 11.7 Å². The lowest BCUT2D eigenvalue weighted by molar-refractivity contribution is -0.153. The van der Waals surface area contributed by atoms with Crippen LogP contribution in [0.2, 0.25) is 0 Å². The molecule has 2 heterocycles. The van der Waals surface area contributed by atoms with Crippen molar-refractivity contribution in [1.29, 1.82) is 0 Å². The van der Waals surface area contributed by atoms with Crippen molar-refractivity contribution >= 4 is 5.91 Å². The Kier molecular flexibility index (Phi) is 5.93. The fourth-order valence-electron chi connectivity index (χ4n) is 3.22. The van der Waals surface area contributed by atoms with Crippen LogP contribution < -0.4 is 4.74 Å². The lowest BCUT2D eigenvalue weighted by Crippen LogP contribution is -2.48. The molecule has 0 atom stereocenters. The number of amides is 1. The van der Waals surface area contributed by atoms with E-state index in [1.54, 1.807) is 15.6 Å². The summed E-state index contributed by atoms with van der Waals surface area (Å²) in [6, 6.07) is 5.89. The Morgan fingerprint density at radius 2 is 1.93 bits per heavy atom. The molecule has 1 fully saturated rings. The summed E-state index contributed by atoms with van der Waals surface area (Å²) in [7, 11) is 1.89. The maximum absolute atomic E-state index is 12.7. The molecule has 152 valence electrons. The Balaban J connectivity index is 1.55. The van der Waals surface area contributed by atoms with E-state index < -0.39 is 12.8 Å². The first-order valence-electron chi connectivity index (χ1n) is 9.01. The fraction of sp³-hybridized carbons (Fsp3) is 0.474. The minimum Gasteiger partial charge on any atom is -0.484 e. The van der Waals surface area contributed by atoms with Crippen LogP contribution in [0.15, 0.2) is 30.5 Å². The Morgan fingerprint density at radius 3 is 2.54 bits per heavy atom. The smallest absolute Gasteiger partial charge is 0.422 e. The van der Waals surface area contributed by atoms with Gasteiger partial charge in [-0.1, -0.05) is 6.07 Å². The second-order valence-corrected chi connectivity index (χ2v) is 6.91. The van der Waals surface area contributed by atoms with Crippen molar-refractivity contribution in [2.24, 2.45) is 7.05 Å². The van der Waals surface area contributed by atoms with E-state index in [4.69, 9.17) is 4.74 Å². The molecule has 6 nitrogen and oxygen atoms in total. The molecule has 1 aromatic heterocycles. The summed E-state index contributed by atoms with van der Waals surface area (Å²) in [6.45, 7) is 3.95. The number of ether oxygens (including phenoxy) is 1. The number of aryl methyl sites for hydroxylation is 2. The van der Waals surface area contributed by atoms with Crippen molar-refractivity contribution in [3.63, 3.8) is 0 Å². The second kappa shape index (κ2) is 8.22. The summed E-state index contributed by atoms with van der Waals surface area (Å²) in [5.41, 5.74) is 2.49. The van der Waals surface area contributed by atoms with Gasteiger partial charge in [-0.05, 0) is 25.1 Å². The van der Waals surface area contributed by atoms with E-state index in [2.05, 4.69) is 10.00 Å². The summed E-state index contributed by atoms with van der Waals surface area (Å²) in [5.74, 6) is -0.163. The van der Waals surface area contributed by atoms with Gasteiger partial charge in [-0.25, -0.2) is 0 Å². The van der Waals surface area contributed by atoms with E-state index in [1.807, 2.05) is 20.2 Å². The Morgan fingerprint density at radius 1 is 1.21 bits per heavy atom. The molecular formula is C19H23F3N4O2. The highest BCUT2D eigenvalue weighted by molar-refractivity contribution is 5.94. The molecule has 28 heavy (non-hydrogen) atoms. The van der Waals surface area contributed by atoms with Gasteiger partial charge in [-0.2, -0.15) is 18.3 Å². The number of halogens is 3. The maximum Gasteiger partial charge on any atom is 0.422 e. The van der Waals surface area contributed by atoms with Crippen LogP contribution in [0.5, 0.6) is 5.75 Å². The Bertz CT molecular complexity index is 827. The molecule has 1 saturated heterocycles. The number of carbonyl (C=O) groups excluding carboxylic acids is 1. The monoisotopic (exact) mass is 396 g/mol. The number of hydrogen-bond donors (Lipinski definition) is 0. The molecule has 0 radical (unpaired) electrons. The van der Waals surface area contributed by atoms with Crippen LogP contribution in [0.4, 0.5) is 13.2 Å². The predicted molar refractivity (Wildman–Crippen MR) is 97.1 cm³/mol. The Hall–Kier alpha value is -2.55. The zero-order valence-electron chi connectivity index (χ0n) is 15.9. The van der Waals surface area contributed by atoms with Crippen LogP contribution >= 0.6 is 0 Å². The lowest BCUT2D eigenvalue weighted by atomic mass is 10.1. The van der Waals surface area contributed by atoms with Gasteiger partial charge in [0.25, 0.3) is 5.91 Å². The van der Waals surface area contributed by atoms with Crippen LogP contribution in [0.3, 0.4) is 0 Å². The van der Waals surface area contributed by atoms with Gasteiger partial charge in [-0.3, -0.25) is 14.4 Å². The van der Waals surface area contributed by atoms with Crippen molar-refractivity contribution in [3.05, 3.63) is 47.3 Å². The normalized spacial score (nSPS) is 15.7. The number of carbonyl (C=O) groups is 1. The SMILES string of the molecule is Cc1nn(C)cc1CN1CCN(C(=O)c2cccc(OCC(F)(F)F)c2)CC1. The first kappa shape index (κ1) is 20.2. The van der Waals surface area contributed by atoms with Crippen LogP contribution in [0, 0.1) is 6.92 Å². The molecule has 0 spiro atoms. The largest absolute Gasteiger partial charge is 0.484 e. The number of benzene rings is 1. The molecule has 0 saturated carbocycles. The molecule has 0 aliphatic carbocycles. The van der Waals surface area contributed by atoms with Crippen molar-refractivity contribution in [2.75, 3.05) is 32.8 Å². The van der Waals surface area contributed by atoms with E-state index in [9.17, 15) is 18.0 Å². The molecular weight excluding hydrogens is 373 g/mol.